The highest BCUT2D eigenvalue weighted by Crippen LogP contribution is 2.20. The number of hydroxylamine groups is 1. The van der Waals surface area contributed by atoms with E-state index in [0.717, 1.165) is 4.47 Å². The number of benzene rings is 1. The van der Waals surface area contributed by atoms with Crippen LogP contribution in [0.2, 0.25) is 0 Å². The Balaban J connectivity index is 1.92. The van der Waals surface area contributed by atoms with Crippen LogP contribution >= 0.6 is 15.9 Å². The number of carbonyl (C=O) groups is 2. The zero-order valence-corrected chi connectivity index (χ0v) is 12.9. The molecule has 1 aliphatic heterocycles. The topological polar surface area (TPSA) is 58.6 Å². The lowest BCUT2D eigenvalue weighted by molar-refractivity contribution is -0.136. The third-order valence-electron chi connectivity index (χ3n) is 3.45. The average Bonchev–Trinajstić information content (AvgIpc) is 2.48. The van der Waals surface area contributed by atoms with E-state index in [1.807, 2.05) is 12.1 Å². The van der Waals surface area contributed by atoms with Gasteiger partial charge < -0.3 is 4.90 Å². The van der Waals surface area contributed by atoms with Crippen molar-refractivity contribution in [3.05, 3.63) is 34.3 Å². The second kappa shape index (κ2) is 6.85. The lowest BCUT2D eigenvalue weighted by Crippen LogP contribution is -2.42. The molecule has 0 atom stereocenters. The SMILES string of the molecule is CONC(=O)C1CCN(C(=O)c2ccc(Br)cc2)CC1. The van der Waals surface area contributed by atoms with Crippen LogP contribution in [0.3, 0.4) is 0 Å². The van der Waals surface area contributed by atoms with Crippen molar-refractivity contribution in [2.45, 2.75) is 12.8 Å². The van der Waals surface area contributed by atoms with E-state index in [1.165, 1.54) is 7.11 Å². The monoisotopic (exact) mass is 340 g/mol. The zero-order chi connectivity index (χ0) is 14.5. The first-order chi connectivity index (χ1) is 9.61. The van der Waals surface area contributed by atoms with Crippen molar-refractivity contribution in [2.75, 3.05) is 20.2 Å². The molecule has 1 fully saturated rings. The molecule has 1 saturated heterocycles. The number of carbonyl (C=O) groups excluding carboxylic acids is 2. The summed E-state index contributed by atoms with van der Waals surface area (Å²) >= 11 is 3.35. The summed E-state index contributed by atoms with van der Waals surface area (Å²) in [6, 6.07) is 7.31. The summed E-state index contributed by atoms with van der Waals surface area (Å²) in [4.78, 5) is 30.4. The average molecular weight is 341 g/mol. The molecule has 0 saturated carbocycles. The Hall–Kier alpha value is -1.40. The van der Waals surface area contributed by atoms with Gasteiger partial charge in [0.1, 0.15) is 0 Å². The van der Waals surface area contributed by atoms with Gasteiger partial charge in [0.2, 0.25) is 5.91 Å². The van der Waals surface area contributed by atoms with Crippen LogP contribution in [0.25, 0.3) is 0 Å². The number of hydrogen-bond acceptors (Lipinski definition) is 3. The Morgan fingerprint density at radius 3 is 2.40 bits per heavy atom. The molecule has 1 aromatic rings. The van der Waals surface area contributed by atoms with Gasteiger partial charge in [0, 0.05) is 29.0 Å². The maximum atomic E-state index is 12.3. The van der Waals surface area contributed by atoms with Gasteiger partial charge in [-0.15, -0.1) is 0 Å². The predicted octanol–water partition coefficient (Wildman–Crippen LogP) is 1.98. The quantitative estimate of drug-likeness (QED) is 0.856. The fourth-order valence-electron chi connectivity index (χ4n) is 2.30. The van der Waals surface area contributed by atoms with Crippen LogP contribution in [0.1, 0.15) is 23.2 Å². The summed E-state index contributed by atoms with van der Waals surface area (Å²) in [5, 5.41) is 0. The van der Waals surface area contributed by atoms with Gasteiger partial charge in [-0.1, -0.05) is 15.9 Å². The fraction of sp³-hybridized carbons (Fsp3) is 0.429. The van der Waals surface area contributed by atoms with Crippen molar-refractivity contribution in [1.29, 1.82) is 0 Å². The lowest BCUT2D eigenvalue weighted by atomic mass is 9.96. The Kier molecular flexibility index (Phi) is 5.14. The van der Waals surface area contributed by atoms with Crippen molar-refractivity contribution >= 4 is 27.7 Å². The van der Waals surface area contributed by atoms with Crippen LogP contribution in [0.4, 0.5) is 0 Å². The lowest BCUT2D eigenvalue weighted by Gasteiger charge is -2.31. The molecule has 1 N–H and O–H groups in total. The molecule has 20 heavy (non-hydrogen) atoms. The second-order valence-corrected chi connectivity index (χ2v) is 5.66. The van der Waals surface area contributed by atoms with Crippen LogP contribution < -0.4 is 5.48 Å². The van der Waals surface area contributed by atoms with Gasteiger partial charge in [0.25, 0.3) is 5.91 Å². The summed E-state index contributed by atoms with van der Waals surface area (Å²) in [6.45, 7) is 1.19. The molecule has 0 unspecified atom stereocenters. The molecule has 0 bridgehead atoms. The van der Waals surface area contributed by atoms with E-state index in [1.54, 1.807) is 17.0 Å². The highest BCUT2D eigenvalue weighted by atomic mass is 79.9. The van der Waals surface area contributed by atoms with Crippen molar-refractivity contribution in [1.82, 2.24) is 10.4 Å². The first-order valence-electron chi connectivity index (χ1n) is 6.49. The Bertz CT molecular complexity index is 482. The minimum absolute atomic E-state index is 0.0168. The van der Waals surface area contributed by atoms with E-state index in [0.29, 0.717) is 31.5 Å². The molecule has 0 aliphatic carbocycles. The summed E-state index contributed by atoms with van der Waals surface area (Å²) < 4.78 is 0.948. The van der Waals surface area contributed by atoms with Gasteiger partial charge in [0.15, 0.2) is 0 Å². The normalized spacial score (nSPS) is 16.0. The minimum atomic E-state index is -0.108. The van der Waals surface area contributed by atoms with E-state index in [4.69, 9.17) is 0 Å². The molecule has 0 radical (unpaired) electrons. The van der Waals surface area contributed by atoms with Crippen molar-refractivity contribution in [2.24, 2.45) is 5.92 Å². The van der Waals surface area contributed by atoms with E-state index < -0.39 is 0 Å². The third-order valence-corrected chi connectivity index (χ3v) is 3.98. The molecule has 6 heteroatoms. The number of hydrogen-bond donors (Lipinski definition) is 1. The zero-order valence-electron chi connectivity index (χ0n) is 11.3. The van der Waals surface area contributed by atoms with Gasteiger partial charge in [0.05, 0.1) is 7.11 Å². The molecule has 0 aromatic heterocycles. The summed E-state index contributed by atoms with van der Waals surface area (Å²) in [5.41, 5.74) is 3.02. The molecule has 1 aliphatic rings. The van der Waals surface area contributed by atoms with E-state index >= 15 is 0 Å². The van der Waals surface area contributed by atoms with Gasteiger partial charge in [-0.25, -0.2) is 5.48 Å². The van der Waals surface area contributed by atoms with Crippen molar-refractivity contribution in [3.63, 3.8) is 0 Å². The molecule has 5 nitrogen and oxygen atoms in total. The van der Waals surface area contributed by atoms with Crippen LogP contribution in [0.5, 0.6) is 0 Å². The highest BCUT2D eigenvalue weighted by Gasteiger charge is 2.27. The molecule has 108 valence electrons. The molecule has 2 amide bonds. The second-order valence-electron chi connectivity index (χ2n) is 4.74. The number of halogens is 1. The summed E-state index contributed by atoms with van der Waals surface area (Å²) in [7, 11) is 1.42. The van der Waals surface area contributed by atoms with Gasteiger partial charge in [-0.2, -0.15) is 0 Å². The van der Waals surface area contributed by atoms with E-state index in [9.17, 15) is 9.59 Å². The minimum Gasteiger partial charge on any atom is -0.339 e. The van der Waals surface area contributed by atoms with Gasteiger partial charge in [-0.3, -0.25) is 14.4 Å². The van der Waals surface area contributed by atoms with Crippen LogP contribution in [0.15, 0.2) is 28.7 Å². The highest BCUT2D eigenvalue weighted by molar-refractivity contribution is 9.10. The van der Waals surface area contributed by atoms with Crippen LogP contribution in [-0.2, 0) is 9.63 Å². The number of rotatable bonds is 3. The predicted molar refractivity (Wildman–Crippen MR) is 77.9 cm³/mol. The number of likely N-dealkylation sites (tertiary alicyclic amines) is 1. The summed E-state index contributed by atoms with van der Waals surface area (Å²) in [5.74, 6) is -0.171. The Labute approximate surface area is 126 Å². The first-order valence-corrected chi connectivity index (χ1v) is 7.29. The van der Waals surface area contributed by atoms with Crippen LogP contribution in [0, 0.1) is 5.92 Å². The maximum absolute atomic E-state index is 12.3. The molecular weight excluding hydrogens is 324 g/mol. The molecular formula is C14H17BrN2O3. The van der Waals surface area contributed by atoms with Gasteiger partial charge in [-0.05, 0) is 37.1 Å². The molecule has 0 spiro atoms. The Morgan fingerprint density at radius 2 is 1.85 bits per heavy atom. The molecule has 2 rings (SSSR count). The van der Waals surface area contributed by atoms with Gasteiger partial charge >= 0.3 is 0 Å². The standard InChI is InChI=1S/C14H17BrN2O3/c1-20-16-13(18)10-6-8-17(9-7-10)14(19)11-2-4-12(15)5-3-11/h2-5,10H,6-9H2,1H3,(H,16,18). The van der Waals surface area contributed by atoms with E-state index in [-0.39, 0.29) is 17.7 Å². The largest absolute Gasteiger partial charge is 0.339 e. The molecule has 1 heterocycles. The number of nitrogens with zero attached hydrogens (tertiary/aromatic N) is 1. The number of amides is 2. The van der Waals surface area contributed by atoms with Crippen molar-refractivity contribution < 1.29 is 14.4 Å². The third kappa shape index (κ3) is 3.58. The fourth-order valence-corrected chi connectivity index (χ4v) is 2.57. The Morgan fingerprint density at radius 1 is 1.25 bits per heavy atom. The number of piperidine rings is 1. The smallest absolute Gasteiger partial charge is 0.253 e. The van der Waals surface area contributed by atoms with Crippen molar-refractivity contribution in [3.8, 4) is 0 Å². The van der Waals surface area contributed by atoms with E-state index in [2.05, 4.69) is 26.2 Å². The number of nitrogens with one attached hydrogen (secondary N) is 1. The first kappa shape index (κ1) is 15.0. The summed E-state index contributed by atoms with van der Waals surface area (Å²) in [6.07, 6.45) is 1.33. The maximum Gasteiger partial charge on any atom is 0.253 e. The van der Waals surface area contributed by atoms with Crippen LogP contribution in [-0.4, -0.2) is 36.9 Å². The molecule has 1 aromatic carbocycles.